The highest BCUT2D eigenvalue weighted by Gasteiger charge is 2.13. The zero-order valence-corrected chi connectivity index (χ0v) is 13.8. The first-order valence-electron chi connectivity index (χ1n) is 7.31. The molecule has 1 rings (SSSR count). The van der Waals surface area contributed by atoms with Crippen molar-refractivity contribution in [3.05, 3.63) is 29.3 Å². The lowest BCUT2D eigenvalue weighted by atomic mass is 10.1. The first-order chi connectivity index (χ1) is 11.5. The van der Waals surface area contributed by atoms with E-state index in [4.69, 9.17) is 24.2 Å². The minimum Gasteiger partial charge on any atom is -0.490 e. The summed E-state index contributed by atoms with van der Waals surface area (Å²) in [6.45, 7) is 3.78. The van der Waals surface area contributed by atoms with Crippen LogP contribution in [0.15, 0.2) is 23.8 Å². The van der Waals surface area contributed by atoms with Crippen LogP contribution >= 0.6 is 0 Å². The third-order valence-corrected chi connectivity index (χ3v) is 2.68. The fourth-order valence-electron chi connectivity index (χ4n) is 1.75. The highest BCUT2D eigenvalue weighted by atomic mass is 16.6. The second kappa shape index (κ2) is 10.0. The number of ether oxygens (including phenoxy) is 4. The summed E-state index contributed by atoms with van der Waals surface area (Å²) in [7, 11) is 1.39. The molecule has 7 heteroatoms. The summed E-state index contributed by atoms with van der Waals surface area (Å²) < 4.78 is 20.1. The summed E-state index contributed by atoms with van der Waals surface area (Å²) in [4.78, 5) is 23.2. The van der Waals surface area contributed by atoms with Gasteiger partial charge in [0.05, 0.1) is 13.2 Å². The second-order valence-electron chi connectivity index (χ2n) is 4.44. The topological polar surface area (TPSA) is 94.9 Å². The van der Waals surface area contributed by atoms with Crippen LogP contribution < -0.4 is 9.47 Å². The molecule has 0 aliphatic heterocycles. The number of nitrogens with zero attached hydrogens (tertiary/aromatic N) is 1. The van der Waals surface area contributed by atoms with E-state index in [-0.39, 0.29) is 24.5 Å². The van der Waals surface area contributed by atoms with Gasteiger partial charge in [0.2, 0.25) is 0 Å². The average Bonchev–Trinajstić information content (AvgIpc) is 2.55. The number of carbonyl (C=O) groups is 2. The Morgan fingerprint density at radius 1 is 1.21 bits per heavy atom. The third-order valence-electron chi connectivity index (χ3n) is 2.68. The number of rotatable bonds is 8. The molecule has 0 aliphatic rings. The van der Waals surface area contributed by atoms with Gasteiger partial charge in [0.1, 0.15) is 18.2 Å². The number of hydrogen-bond acceptors (Lipinski definition) is 7. The van der Waals surface area contributed by atoms with Crippen LogP contribution in [0.3, 0.4) is 0 Å². The molecule has 0 unspecified atom stereocenters. The largest absolute Gasteiger partial charge is 0.490 e. The average molecular weight is 333 g/mol. The van der Waals surface area contributed by atoms with Gasteiger partial charge in [-0.25, -0.2) is 9.59 Å². The molecule has 1 aromatic carbocycles. The van der Waals surface area contributed by atoms with E-state index in [9.17, 15) is 9.59 Å². The van der Waals surface area contributed by atoms with Gasteiger partial charge < -0.3 is 18.9 Å². The first-order valence-corrected chi connectivity index (χ1v) is 7.31. The smallest absolute Gasteiger partial charge is 0.348 e. The third kappa shape index (κ3) is 5.74. The van der Waals surface area contributed by atoms with Gasteiger partial charge in [-0.15, -0.1) is 0 Å². The Kier molecular flexibility index (Phi) is 8.02. The van der Waals surface area contributed by atoms with E-state index >= 15 is 0 Å². The van der Waals surface area contributed by atoms with Crippen molar-refractivity contribution in [3.63, 3.8) is 0 Å². The summed E-state index contributed by atoms with van der Waals surface area (Å²) in [6.07, 6.45) is 1.38. The monoisotopic (exact) mass is 333 g/mol. The maximum Gasteiger partial charge on any atom is 0.348 e. The predicted molar refractivity (Wildman–Crippen MR) is 85.3 cm³/mol. The SMILES string of the molecule is CCOC(=O)/C(C#N)=C/c1ccc(OC(=O)COC)c(OCC)c1. The minimum atomic E-state index is -0.700. The zero-order valence-electron chi connectivity index (χ0n) is 13.8. The van der Waals surface area contributed by atoms with Crippen molar-refractivity contribution in [1.29, 1.82) is 5.26 Å². The summed E-state index contributed by atoms with van der Waals surface area (Å²) in [5.41, 5.74) is 0.401. The van der Waals surface area contributed by atoms with Gasteiger partial charge in [0.15, 0.2) is 11.5 Å². The van der Waals surface area contributed by atoms with Crippen molar-refractivity contribution in [2.75, 3.05) is 26.9 Å². The lowest BCUT2D eigenvalue weighted by Gasteiger charge is -2.11. The molecule has 0 heterocycles. The highest BCUT2D eigenvalue weighted by molar-refractivity contribution is 5.98. The van der Waals surface area contributed by atoms with Crippen molar-refractivity contribution in [1.82, 2.24) is 0 Å². The van der Waals surface area contributed by atoms with Crippen LogP contribution in [-0.4, -0.2) is 38.9 Å². The lowest BCUT2D eigenvalue weighted by Crippen LogP contribution is -2.14. The van der Waals surface area contributed by atoms with Crippen molar-refractivity contribution < 1.29 is 28.5 Å². The van der Waals surface area contributed by atoms with Crippen LogP contribution in [0, 0.1) is 11.3 Å². The maximum absolute atomic E-state index is 11.6. The van der Waals surface area contributed by atoms with E-state index in [1.165, 1.54) is 19.3 Å². The molecule has 1 aromatic rings. The van der Waals surface area contributed by atoms with Crippen LogP contribution in [0.4, 0.5) is 0 Å². The highest BCUT2D eigenvalue weighted by Crippen LogP contribution is 2.29. The summed E-state index contributed by atoms with van der Waals surface area (Å²) >= 11 is 0. The summed E-state index contributed by atoms with van der Waals surface area (Å²) in [6, 6.07) is 6.47. The van der Waals surface area contributed by atoms with Gasteiger partial charge in [-0.1, -0.05) is 6.07 Å². The molecule has 0 fully saturated rings. The van der Waals surface area contributed by atoms with Gasteiger partial charge in [0.25, 0.3) is 0 Å². The molecule has 128 valence electrons. The van der Waals surface area contributed by atoms with E-state index in [0.29, 0.717) is 17.9 Å². The molecule has 0 spiro atoms. The molecule has 0 bridgehead atoms. The van der Waals surface area contributed by atoms with E-state index in [2.05, 4.69) is 0 Å². The lowest BCUT2D eigenvalue weighted by molar-refractivity contribution is -0.139. The van der Waals surface area contributed by atoms with Crippen molar-refractivity contribution in [3.8, 4) is 17.6 Å². The van der Waals surface area contributed by atoms with Gasteiger partial charge in [-0.3, -0.25) is 0 Å². The Hall–Kier alpha value is -2.85. The predicted octanol–water partition coefficient (Wildman–Crippen LogP) is 2.11. The summed E-state index contributed by atoms with van der Waals surface area (Å²) in [5, 5.41) is 9.06. The fourth-order valence-corrected chi connectivity index (χ4v) is 1.75. The van der Waals surface area contributed by atoms with E-state index < -0.39 is 11.9 Å². The van der Waals surface area contributed by atoms with Gasteiger partial charge in [0, 0.05) is 7.11 Å². The van der Waals surface area contributed by atoms with Gasteiger partial charge >= 0.3 is 11.9 Å². The molecule has 7 nitrogen and oxygen atoms in total. The number of benzene rings is 1. The molecule has 0 saturated carbocycles. The number of nitriles is 1. The van der Waals surface area contributed by atoms with E-state index in [0.717, 1.165) is 0 Å². The standard InChI is InChI=1S/C17H19NO6/c1-4-22-15-9-12(8-13(10-18)17(20)23-5-2)6-7-14(15)24-16(19)11-21-3/h6-9H,4-5,11H2,1-3H3/b13-8+. The quantitative estimate of drug-likeness (QED) is 0.311. The number of methoxy groups -OCH3 is 1. The number of esters is 2. The molecule has 0 aliphatic carbocycles. The van der Waals surface area contributed by atoms with Crippen LogP contribution in [-0.2, 0) is 19.1 Å². The Morgan fingerprint density at radius 2 is 1.96 bits per heavy atom. The molecule has 24 heavy (non-hydrogen) atoms. The molecule has 0 N–H and O–H groups in total. The van der Waals surface area contributed by atoms with E-state index in [1.807, 2.05) is 0 Å². The molecule has 0 aromatic heterocycles. The Bertz CT molecular complexity index is 660. The fraction of sp³-hybridized carbons (Fsp3) is 0.353. The molecule has 0 radical (unpaired) electrons. The molecular weight excluding hydrogens is 314 g/mol. The summed E-state index contributed by atoms with van der Waals surface area (Å²) in [5.74, 6) is -0.720. The van der Waals surface area contributed by atoms with Crippen LogP contribution in [0.5, 0.6) is 11.5 Å². The maximum atomic E-state index is 11.6. The van der Waals surface area contributed by atoms with Crippen molar-refractivity contribution in [2.45, 2.75) is 13.8 Å². The molecule has 0 amide bonds. The van der Waals surface area contributed by atoms with Crippen LogP contribution in [0.2, 0.25) is 0 Å². The molecule has 0 atom stereocenters. The van der Waals surface area contributed by atoms with Gasteiger partial charge in [-0.05, 0) is 37.6 Å². The van der Waals surface area contributed by atoms with Crippen LogP contribution in [0.25, 0.3) is 6.08 Å². The van der Waals surface area contributed by atoms with Gasteiger partial charge in [-0.2, -0.15) is 5.26 Å². The van der Waals surface area contributed by atoms with Crippen LogP contribution in [0.1, 0.15) is 19.4 Å². The Morgan fingerprint density at radius 3 is 2.54 bits per heavy atom. The molecule has 0 saturated heterocycles. The Labute approximate surface area is 140 Å². The normalized spacial score (nSPS) is 10.7. The Balaban J connectivity index is 3.10. The van der Waals surface area contributed by atoms with Crippen molar-refractivity contribution in [2.24, 2.45) is 0 Å². The second-order valence-corrected chi connectivity index (χ2v) is 4.44. The van der Waals surface area contributed by atoms with Crippen molar-refractivity contribution >= 4 is 18.0 Å². The van der Waals surface area contributed by atoms with E-state index in [1.54, 1.807) is 32.0 Å². The molecular formula is C17H19NO6. The number of hydrogen-bond donors (Lipinski definition) is 0. The first kappa shape index (κ1) is 19.2. The zero-order chi connectivity index (χ0) is 17.9. The number of carbonyl (C=O) groups excluding carboxylic acids is 2. The minimum absolute atomic E-state index is 0.136.